The van der Waals surface area contributed by atoms with E-state index in [0.717, 1.165) is 50.1 Å². The molecule has 0 amide bonds. The number of aromatic nitrogens is 3. The number of nitrogens with zero attached hydrogens (tertiary/aromatic N) is 3. The summed E-state index contributed by atoms with van der Waals surface area (Å²) in [7, 11) is 0. The van der Waals surface area contributed by atoms with Gasteiger partial charge >= 0.3 is 0 Å². The average Bonchev–Trinajstić information content (AvgIpc) is 3.56. The molecule has 7 rings (SSSR count). The van der Waals surface area contributed by atoms with Gasteiger partial charge in [0, 0.05) is 6.20 Å². The second kappa shape index (κ2) is 9.74. The van der Waals surface area contributed by atoms with Crippen molar-refractivity contribution in [2.45, 2.75) is 46.5 Å². The molecule has 0 atom stereocenters. The fourth-order valence-corrected chi connectivity index (χ4v) is 6.08. The topological polar surface area (TPSA) is 43.9 Å². The quantitative estimate of drug-likeness (QED) is 0.220. The van der Waals surface area contributed by atoms with Crippen LogP contribution in [0.2, 0.25) is 0 Å². The lowest BCUT2D eigenvalue weighted by molar-refractivity contribution is 0.668. The van der Waals surface area contributed by atoms with Gasteiger partial charge in [-0.05, 0) is 89.0 Å². The highest BCUT2D eigenvalue weighted by Gasteiger charge is 2.25. The third-order valence-corrected chi connectivity index (χ3v) is 8.13. The third-order valence-electron chi connectivity index (χ3n) is 8.13. The molecule has 0 aliphatic rings. The summed E-state index contributed by atoms with van der Waals surface area (Å²) in [5, 5.41) is 1.05. The molecule has 3 aromatic heterocycles. The van der Waals surface area contributed by atoms with Crippen LogP contribution in [0.1, 0.15) is 56.2 Å². The Morgan fingerprint density at radius 1 is 0.732 bits per heavy atom. The Hall–Kier alpha value is -4.70. The van der Waals surface area contributed by atoms with E-state index < -0.39 is 0 Å². The molecule has 41 heavy (non-hydrogen) atoms. The van der Waals surface area contributed by atoms with E-state index in [1.165, 1.54) is 27.9 Å². The number of rotatable bonds is 5. The number of imidazole rings is 1. The molecule has 0 unspecified atom stereocenters. The number of hydrogen-bond acceptors (Lipinski definition) is 3. The molecule has 0 bridgehead atoms. The molecule has 4 heteroatoms. The molecular formula is C37H33N3O. The van der Waals surface area contributed by atoms with E-state index in [1.807, 2.05) is 18.3 Å². The molecular weight excluding hydrogens is 502 g/mol. The number of pyridine rings is 1. The minimum atomic E-state index is 0.300. The highest BCUT2D eigenvalue weighted by atomic mass is 16.3. The van der Waals surface area contributed by atoms with Gasteiger partial charge in [-0.1, -0.05) is 76.2 Å². The third kappa shape index (κ3) is 4.05. The highest BCUT2D eigenvalue weighted by Crippen LogP contribution is 2.42. The Balaban J connectivity index is 1.61. The van der Waals surface area contributed by atoms with E-state index in [2.05, 4.69) is 123 Å². The first-order valence-electron chi connectivity index (χ1n) is 14.4. The second-order valence-electron chi connectivity index (χ2n) is 11.5. The lowest BCUT2D eigenvalue weighted by atomic mass is 9.88. The van der Waals surface area contributed by atoms with E-state index >= 15 is 0 Å². The van der Waals surface area contributed by atoms with Gasteiger partial charge in [-0.15, -0.1) is 0 Å². The number of para-hydroxylation sites is 2. The summed E-state index contributed by atoms with van der Waals surface area (Å²) in [6.45, 7) is 11.3. The zero-order valence-corrected chi connectivity index (χ0v) is 24.1. The van der Waals surface area contributed by atoms with Crippen molar-refractivity contribution in [1.82, 2.24) is 14.5 Å². The number of fused-ring (bicyclic) bond motifs is 4. The normalized spacial score (nSPS) is 12.0. The Kier molecular flexibility index (Phi) is 6.01. The Morgan fingerprint density at radius 2 is 1.44 bits per heavy atom. The molecule has 3 heterocycles. The van der Waals surface area contributed by atoms with Gasteiger partial charge in [0.25, 0.3) is 0 Å². The monoisotopic (exact) mass is 535 g/mol. The van der Waals surface area contributed by atoms with Gasteiger partial charge < -0.3 is 4.42 Å². The fourth-order valence-electron chi connectivity index (χ4n) is 6.08. The van der Waals surface area contributed by atoms with Crippen molar-refractivity contribution in [3.63, 3.8) is 0 Å². The van der Waals surface area contributed by atoms with Crippen molar-refractivity contribution < 1.29 is 4.42 Å². The number of benzene rings is 4. The molecule has 0 aliphatic carbocycles. The Morgan fingerprint density at radius 3 is 2.17 bits per heavy atom. The SMILES string of the molecule is Cc1ccc(-c2nc3ccccc3n2-c2c(C(C)C)cc(-c3ccccc3)cc2C(C)C)c2oc3cccnc3c12. The van der Waals surface area contributed by atoms with E-state index in [4.69, 9.17) is 9.40 Å². The minimum Gasteiger partial charge on any atom is -0.454 e. The fraction of sp³-hybridized carbons (Fsp3) is 0.189. The van der Waals surface area contributed by atoms with Crippen LogP contribution in [0.5, 0.6) is 0 Å². The van der Waals surface area contributed by atoms with Crippen molar-refractivity contribution >= 4 is 33.1 Å². The summed E-state index contributed by atoms with van der Waals surface area (Å²) in [5.74, 6) is 1.48. The molecule has 0 N–H and O–H groups in total. The predicted molar refractivity (Wildman–Crippen MR) is 170 cm³/mol. The number of aryl methyl sites for hydroxylation is 1. The summed E-state index contributed by atoms with van der Waals surface area (Å²) >= 11 is 0. The van der Waals surface area contributed by atoms with Gasteiger partial charge in [-0.3, -0.25) is 9.55 Å². The first-order valence-corrected chi connectivity index (χ1v) is 14.4. The molecule has 7 aromatic rings. The van der Waals surface area contributed by atoms with E-state index in [1.54, 1.807) is 0 Å². The summed E-state index contributed by atoms with van der Waals surface area (Å²) < 4.78 is 8.90. The second-order valence-corrected chi connectivity index (χ2v) is 11.5. The lowest BCUT2D eigenvalue weighted by Crippen LogP contribution is -2.09. The van der Waals surface area contributed by atoms with Crippen molar-refractivity contribution in [2.24, 2.45) is 0 Å². The standard InChI is InChI=1S/C37H33N3O/c1-22(2)28-20-26(25-12-7-6-8-13-25)21-29(23(3)4)35(28)40-31-15-10-9-14-30(31)39-37(40)27-18-17-24(5)33-34-32(41-36(27)33)16-11-19-38-34/h6-23H,1-5H3. The molecule has 202 valence electrons. The molecule has 0 saturated carbocycles. The minimum absolute atomic E-state index is 0.300. The van der Waals surface area contributed by atoms with Crippen LogP contribution in [0.3, 0.4) is 0 Å². The van der Waals surface area contributed by atoms with Crippen LogP contribution in [0.25, 0.3) is 61.3 Å². The van der Waals surface area contributed by atoms with Crippen LogP contribution in [-0.2, 0) is 0 Å². The van der Waals surface area contributed by atoms with Crippen LogP contribution >= 0.6 is 0 Å². The predicted octanol–water partition coefficient (Wildman–Crippen LogP) is 10.2. The summed E-state index contributed by atoms with van der Waals surface area (Å²) in [5.41, 5.74) is 12.9. The van der Waals surface area contributed by atoms with Crippen LogP contribution < -0.4 is 0 Å². The first kappa shape index (κ1) is 25.3. The maximum atomic E-state index is 6.52. The molecule has 0 aliphatic heterocycles. The van der Waals surface area contributed by atoms with Crippen LogP contribution in [-0.4, -0.2) is 14.5 Å². The zero-order chi connectivity index (χ0) is 28.2. The van der Waals surface area contributed by atoms with E-state index in [0.29, 0.717) is 11.8 Å². The van der Waals surface area contributed by atoms with Gasteiger partial charge in [0.2, 0.25) is 0 Å². The van der Waals surface area contributed by atoms with E-state index in [-0.39, 0.29) is 0 Å². The van der Waals surface area contributed by atoms with Crippen molar-refractivity contribution in [1.29, 1.82) is 0 Å². The molecule has 0 saturated heterocycles. The average molecular weight is 536 g/mol. The maximum Gasteiger partial charge on any atom is 0.153 e. The highest BCUT2D eigenvalue weighted by molar-refractivity contribution is 6.09. The molecule has 4 nitrogen and oxygen atoms in total. The smallest absolute Gasteiger partial charge is 0.153 e. The molecule has 0 radical (unpaired) electrons. The van der Waals surface area contributed by atoms with Crippen LogP contribution in [0.4, 0.5) is 0 Å². The van der Waals surface area contributed by atoms with Gasteiger partial charge in [0.1, 0.15) is 16.9 Å². The maximum absolute atomic E-state index is 6.52. The van der Waals surface area contributed by atoms with Crippen molar-refractivity contribution in [3.05, 3.63) is 114 Å². The first-order chi connectivity index (χ1) is 19.9. The van der Waals surface area contributed by atoms with Gasteiger partial charge in [-0.25, -0.2) is 4.98 Å². The molecule has 0 spiro atoms. The molecule has 4 aromatic carbocycles. The largest absolute Gasteiger partial charge is 0.454 e. The number of furan rings is 1. The van der Waals surface area contributed by atoms with Crippen LogP contribution in [0, 0.1) is 6.92 Å². The summed E-state index contributed by atoms with van der Waals surface area (Å²) in [6.07, 6.45) is 1.83. The summed E-state index contributed by atoms with van der Waals surface area (Å²) in [6, 6.07) is 32.1. The van der Waals surface area contributed by atoms with Crippen molar-refractivity contribution in [3.8, 4) is 28.2 Å². The van der Waals surface area contributed by atoms with Crippen LogP contribution in [0.15, 0.2) is 102 Å². The molecule has 0 fully saturated rings. The Labute approximate surface area is 240 Å². The zero-order valence-electron chi connectivity index (χ0n) is 24.1. The number of hydrogen-bond donors (Lipinski definition) is 0. The van der Waals surface area contributed by atoms with Gasteiger partial charge in [0.05, 0.1) is 27.7 Å². The lowest BCUT2D eigenvalue weighted by Gasteiger charge is -2.24. The van der Waals surface area contributed by atoms with Gasteiger partial charge in [-0.2, -0.15) is 0 Å². The summed E-state index contributed by atoms with van der Waals surface area (Å²) in [4.78, 5) is 9.95. The van der Waals surface area contributed by atoms with Gasteiger partial charge in [0.15, 0.2) is 5.58 Å². The Bertz CT molecular complexity index is 2030. The van der Waals surface area contributed by atoms with E-state index in [9.17, 15) is 0 Å². The van der Waals surface area contributed by atoms with Crippen molar-refractivity contribution in [2.75, 3.05) is 0 Å².